The van der Waals surface area contributed by atoms with E-state index in [2.05, 4.69) is 11.8 Å². The molecule has 0 aliphatic carbocycles. The van der Waals surface area contributed by atoms with E-state index in [4.69, 9.17) is 11.5 Å². The van der Waals surface area contributed by atoms with Crippen molar-refractivity contribution >= 4 is 5.91 Å². The molecule has 0 spiro atoms. The van der Waals surface area contributed by atoms with Crippen molar-refractivity contribution in [1.29, 1.82) is 0 Å². The molecule has 0 bridgehead atoms. The minimum atomic E-state index is -0.772. The lowest BCUT2D eigenvalue weighted by atomic mass is 9.84. The van der Waals surface area contributed by atoms with E-state index in [0.717, 1.165) is 6.54 Å². The number of carbonyl (C=O) groups is 1. The minimum Gasteiger partial charge on any atom is -0.368 e. The van der Waals surface area contributed by atoms with Gasteiger partial charge in [0.15, 0.2) is 0 Å². The summed E-state index contributed by atoms with van der Waals surface area (Å²) in [5.74, 6) is -0.373. The number of primary amides is 1. The lowest BCUT2D eigenvalue weighted by molar-refractivity contribution is -0.125. The average molecular weight is 171 g/mol. The van der Waals surface area contributed by atoms with Crippen molar-refractivity contribution in [3.63, 3.8) is 0 Å². The first-order valence-electron chi connectivity index (χ1n) is 4.25. The molecule has 70 valence electrons. The molecule has 2 atom stereocenters. The van der Waals surface area contributed by atoms with Gasteiger partial charge in [-0.15, -0.1) is 0 Å². The van der Waals surface area contributed by atoms with E-state index in [-0.39, 0.29) is 5.91 Å². The third-order valence-corrected chi connectivity index (χ3v) is 2.81. The van der Waals surface area contributed by atoms with Gasteiger partial charge in [0.1, 0.15) is 0 Å². The first-order valence-corrected chi connectivity index (χ1v) is 4.25. The van der Waals surface area contributed by atoms with Crippen LogP contribution in [-0.2, 0) is 4.79 Å². The molecule has 1 saturated heterocycles. The van der Waals surface area contributed by atoms with E-state index >= 15 is 0 Å². The normalized spacial score (nSPS) is 38.1. The van der Waals surface area contributed by atoms with Gasteiger partial charge in [-0.2, -0.15) is 0 Å². The maximum Gasteiger partial charge on any atom is 0.237 e. The van der Waals surface area contributed by atoms with Crippen molar-refractivity contribution in [2.24, 2.45) is 11.5 Å². The molecule has 1 amide bonds. The Morgan fingerprint density at radius 2 is 2.25 bits per heavy atom. The largest absolute Gasteiger partial charge is 0.368 e. The zero-order chi connectivity index (χ0) is 9.35. The third kappa shape index (κ3) is 1.59. The van der Waals surface area contributed by atoms with Gasteiger partial charge in [-0.05, 0) is 26.8 Å². The van der Waals surface area contributed by atoms with E-state index in [1.807, 2.05) is 7.05 Å². The van der Waals surface area contributed by atoms with E-state index < -0.39 is 5.54 Å². The number of amides is 1. The van der Waals surface area contributed by atoms with E-state index in [9.17, 15) is 4.79 Å². The van der Waals surface area contributed by atoms with Gasteiger partial charge in [0.25, 0.3) is 0 Å². The highest BCUT2D eigenvalue weighted by Gasteiger charge is 2.38. The predicted molar refractivity (Wildman–Crippen MR) is 47.4 cm³/mol. The molecule has 1 fully saturated rings. The highest BCUT2D eigenvalue weighted by atomic mass is 16.1. The Kier molecular flexibility index (Phi) is 2.39. The number of nitrogens with two attached hydrogens (primary N) is 2. The molecule has 0 aromatic carbocycles. The van der Waals surface area contributed by atoms with Crippen molar-refractivity contribution in [3.05, 3.63) is 0 Å². The quantitative estimate of drug-likeness (QED) is 0.547. The molecule has 1 heterocycles. The van der Waals surface area contributed by atoms with Gasteiger partial charge in [0, 0.05) is 12.6 Å². The number of rotatable bonds is 1. The van der Waals surface area contributed by atoms with Crippen molar-refractivity contribution in [1.82, 2.24) is 4.90 Å². The summed E-state index contributed by atoms with van der Waals surface area (Å²) in [5.41, 5.74) is 10.3. The Balaban J connectivity index is 2.66. The van der Waals surface area contributed by atoms with Crippen LogP contribution < -0.4 is 11.5 Å². The fraction of sp³-hybridized carbons (Fsp3) is 0.875. The van der Waals surface area contributed by atoms with E-state index in [1.54, 1.807) is 0 Å². The first-order chi connectivity index (χ1) is 5.46. The van der Waals surface area contributed by atoms with Gasteiger partial charge in [-0.3, -0.25) is 4.79 Å². The summed E-state index contributed by atoms with van der Waals surface area (Å²) in [7, 11) is 2.03. The second-order valence-electron chi connectivity index (χ2n) is 3.80. The van der Waals surface area contributed by atoms with E-state index in [0.29, 0.717) is 18.9 Å². The number of piperidine rings is 1. The zero-order valence-corrected chi connectivity index (χ0v) is 7.71. The van der Waals surface area contributed by atoms with Crippen LogP contribution in [0.4, 0.5) is 0 Å². The van der Waals surface area contributed by atoms with Gasteiger partial charge in [0.05, 0.1) is 5.54 Å². The highest BCUT2D eigenvalue weighted by Crippen LogP contribution is 2.22. The number of nitrogens with zero attached hydrogens (tertiary/aromatic N) is 1. The average Bonchev–Trinajstić information content (AvgIpc) is 1.97. The van der Waals surface area contributed by atoms with Crippen LogP contribution in [0.25, 0.3) is 0 Å². The second kappa shape index (κ2) is 3.03. The Labute approximate surface area is 72.9 Å². The topological polar surface area (TPSA) is 72.3 Å². The molecular formula is C8H17N3O. The summed E-state index contributed by atoms with van der Waals surface area (Å²) >= 11 is 0. The van der Waals surface area contributed by atoms with Crippen molar-refractivity contribution < 1.29 is 4.79 Å². The summed E-state index contributed by atoms with van der Waals surface area (Å²) in [5, 5.41) is 0. The maximum atomic E-state index is 11.0. The Morgan fingerprint density at radius 3 is 2.67 bits per heavy atom. The zero-order valence-electron chi connectivity index (χ0n) is 7.71. The van der Waals surface area contributed by atoms with Gasteiger partial charge in [-0.25, -0.2) is 0 Å². The molecule has 1 rings (SSSR count). The lowest BCUT2D eigenvalue weighted by Crippen LogP contribution is -2.60. The highest BCUT2D eigenvalue weighted by molar-refractivity contribution is 5.84. The fourth-order valence-corrected chi connectivity index (χ4v) is 1.61. The van der Waals surface area contributed by atoms with Crippen LogP contribution >= 0.6 is 0 Å². The molecule has 1 aliphatic rings. The monoisotopic (exact) mass is 171 g/mol. The molecular weight excluding hydrogens is 154 g/mol. The molecule has 2 unspecified atom stereocenters. The second-order valence-corrected chi connectivity index (χ2v) is 3.80. The Hall–Kier alpha value is -0.610. The number of hydrogen-bond donors (Lipinski definition) is 2. The van der Waals surface area contributed by atoms with Gasteiger partial charge in [0.2, 0.25) is 5.91 Å². The molecule has 1 aliphatic heterocycles. The maximum absolute atomic E-state index is 11.0. The summed E-state index contributed by atoms with van der Waals surface area (Å²) in [6.45, 7) is 2.91. The molecule has 0 saturated carbocycles. The van der Waals surface area contributed by atoms with Crippen LogP contribution in [0.1, 0.15) is 19.8 Å². The van der Waals surface area contributed by atoms with Crippen LogP contribution in [0, 0.1) is 0 Å². The third-order valence-electron chi connectivity index (χ3n) is 2.81. The smallest absolute Gasteiger partial charge is 0.237 e. The van der Waals surface area contributed by atoms with Crippen LogP contribution in [0.3, 0.4) is 0 Å². The number of carbonyl (C=O) groups excluding carboxylic acids is 1. The number of hydrogen-bond acceptors (Lipinski definition) is 3. The van der Waals surface area contributed by atoms with Gasteiger partial charge in [-0.1, -0.05) is 0 Å². The summed E-state index contributed by atoms with van der Waals surface area (Å²) in [6, 6.07) is 0.344. The summed E-state index contributed by atoms with van der Waals surface area (Å²) in [4.78, 5) is 13.2. The van der Waals surface area contributed by atoms with Crippen LogP contribution in [0.5, 0.6) is 0 Å². The van der Waals surface area contributed by atoms with Crippen LogP contribution in [0.15, 0.2) is 0 Å². The van der Waals surface area contributed by atoms with Crippen molar-refractivity contribution in [2.75, 3.05) is 13.6 Å². The van der Waals surface area contributed by atoms with Crippen molar-refractivity contribution in [2.45, 2.75) is 31.3 Å². The molecule has 12 heavy (non-hydrogen) atoms. The van der Waals surface area contributed by atoms with Crippen LogP contribution in [-0.4, -0.2) is 36.0 Å². The molecule has 4 N–H and O–H groups in total. The standard InChI is InChI=1S/C8H17N3O/c1-6-5-8(10,7(9)12)3-4-11(6)2/h6H,3-5,10H2,1-2H3,(H2,9,12). The van der Waals surface area contributed by atoms with E-state index in [1.165, 1.54) is 0 Å². The van der Waals surface area contributed by atoms with Gasteiger partial charge >= 0.3 is 0 Å². The summed E-state index contributed by atoms with van der Waals surface area (Å²) in [6.07, 6.45) is 1.34. The first kappa shape index (κ1) is 9.48. The lowest BCUT2D eigenvalue weighted by Gasteiger charge is -2.39. The predicted octanol–water partition coefficient (Wildman–Crippen LogP) is -0.717. The summed E-state index contributed by atoms with van der Waals surface area (Å²) < 4.78 is 0. The molecule has 0 aromatic rings. The van der Waals surface area contributed by atoms with Gasteiger partial charge < -0.3 is 16.4 Å². The number of likely N-dealkylation sites (tertiary alicyclic amines) is 1. The Morgan fingerprint density at radius 1 is 1.67 bits per heavy atom. The fourth-order valence-electron chi connectivity index (χ4n) is 1.61. The van der Waals surface area contributed by atoms with Crippen molar-refractivity contribution in [3.8, 4) is 0 Å². The molecule has 4 heteroatoms. The minimum absolute atomic E-state index is 0.344. The van der Waals surface area contributed by atoms with Crippen LogP contribution in [0.2, 0.25) is 0 Å². The Bertz CT molecular complexity index is 195. The molecule has 0 radical (unpaired) electrons. The molecule has 4 nitrogen and oxygen atoms in total. The SMILES string of the molecule is CC1CC(N)(C(N)=O)CCN1C. The molecule has 0 aromatic heterocycles.